The number of hydrogen-bond acceptors (Lipinski definition) is 3. The minimum atomic E-state index is -4.44. The van der Waals surface area contributed by atoms with E-state index < -0.39 is 17.4 Å². The van der Waals surface area contributed by atoms with E-state index in [0.717, 1.165) is 6.07 Å². The molecule has 0 aliphatic rings. The highest BCUT2D eigenvalue weighted by Crippen LogP contribution is 2.29. The molecule has 0 radical (unpaired) electrons. The Morgan fingerprint density at radius 2 is 1.94 bits per heavy atom. The van der Waals surface area contributed by atoms with Gasteiger partial charge >= 0.3 is 6.18 Å². The third-order valence-electron chi connectivity index (χ3n) is 3.15. The molecular formula is C12H18F3N3. The topological polar surface area (TPSA) is 50.9 Å². The highest BCUT2D eigenvalue weighted by molar-refractivity contribution is 5.39. The van der Waals surface area contributed by atoms with Crippen molar-refractivity contribution in [2.75, 3.05) is 11.9 Å². The zero-order valence-corrected chi connectivity index (χ0v) is 10.7. The van der Waals surface area contributed by atoms with Crippen LogP contribution < -0.4 is 11.1 Å². The molecule has 1 unspecified atom stereocenters. The summed E-state index contributed by atoms with van der Waals surface area (Å²) in [7, 11) is 0. The Morgan fingerprint density at radius 3 is 2.39 bits per heavy atom. The molecule has 1 atom stereocenters. The van der Waals surface area contributed by atoms with Crippen LogP contribution >= 0.6 is 0 Å². The van der Waals surface area contributed by atoms with Gasteiger partial charge in [-0.2, -0.15) is 13.2 Å². The van der Waals surface area contributed by atoms with Crippen LogP contribution in [0, 0.1) is 5.92 Å². The summed E-state index contributed by atoms with van der Waals surface area (Å²) in [5.74, 6) is 0.352. The van der Waals surface area contributed by atoms with Gasteiger partial charge in [0.15, 0.2) is 0 Å². The highest BCUT2D eigenvalue weighted by atomic mass is 19.4. The largest absolute Gasteiger partial charge is 0.433 e. The SMILES string of the molecule is CC(C)C(C)(CN)Nc1cccc(C(F)(F)F)n1. The molecule has 3 nitrogen and oxygen atoms in total. The van der Waals surface area contributed by atoms with E-state index in [1.807, 2.05) is 20.8 Å². The van der Waals surface area contributed by atoms with E-state index in [0.29, 0.717) is 6.54 Å². The van der Waals surface area contributed by atoms with Gasteiger partial charge in [0.25, 0.3) is 0 Å². The first-order valence-corrected chi connectivity index (χ1v) is 5.71. The summed E-state index contributed by atoms with van der Waals surface area (Å²) in [6.45, 7) is 6.07. The normalized spacial score (nSPS) is 15.6. The van der Waals surface area contributed by atoms with Crippen LogP contribution in [0.1, 0.15) is 26.5 Å². The minimum Gasteiger partial charge on any atom is -0.363 e. The number of anilines is 1. The maximum absolute atomic E-state index is 12.5. The number of nitrogens with two attached hydrogens (primary N) is 1. The maximum Gasteiger partial charge on any atom is 0.433 e. The number of nitrogens with zero attached hydrogens (tertiary/aromatic N) is 1. The first-order chi connectivity index (χ1) is 8.19. The molecule has 6 heteroatoms. The van der Waals surface area contributed by atoms with E-state index in [2.05, 4.69) is 10.3 Å². The second-order valence-corrected chi connectivity index (χ2v) is 4.81. The monoisotopic (exact) mass is 261 g/mol. The summed E-state index contributed by atoms with van der Waals surface area (Å²) in [6, 6.07) is 3.78. The third-order valence-corrected chi connectivity index (χ3v) is 3.15. The van der Waals surface area contributed by atoms with E-state index in [1.54, 1.807) is 0 Å². The fourth-order valence-corrected chi connectivity index (χ4v) is 1.39. The van der Waals surface area contributed by atoms with Gasteiger partial charge in [-0.1, -0.05) is 19.9 Å². The summed E-state index contributed by atoms with van der Waals surface area (Å²) in [6.07, 6.45) is -4.44. The smallest absolute Gasteiger partial charge is 0.363 e. The molecule has 0 saturated carbocycles. The summed E-state index contributed by atoms with van der Waals surface area (Å²) in [5, 5.41) is 2.98. The zero-order valence-electron chi connectivity index (χ0n) is 10.7. The Balaban J connectivity index is 2.98. The average molecular weight is 261 g/mol. The van der Waals surface area contributed by atoms with E-state index in [9.17, 15) is 13.2 Å². The van der Waals surface area contributed by atoms with Crippen LogP contribution in [0.25, 0.3) is 0 Å². The predicted octanol–water partition coefficient (Wildman–Crippen LogP) is 2.89. The minimum absolute atomic E-state index is 0.166. The predicted molar refractivity (Wildman–Crippen MR) is 65.2 cm³/mol. The van der Waals surface area contributed by atoms with Gasteiger partial charge < -0.3 is 11.1 Å². The van der Waals surface area contributed by atoms with E-state index >= 15 is 0 Å². The number of rotatable bonds is 4. The average Bonchev–Trinajstić information content (AvgIpc) is 2.28. The molecule has 1 heterocycles. The van der Waals surface area contributed by atoms with Crippen molar-refractivity contribution in [3.05, 3.63) is 23.9 Å². The van der Waals surface area contributed by atoms with E-state index in [4.69, 9.17) is 5.73 Å². The highest BCUT2D eigenvalue weighted by Gasteiger charge is 2.33. The Bertz CT molecular complexity index is 404. The van der Waals surface area contributed by atoms with Gasteiger partial charge in [-0.25, -0.2) is 4.98 Å². The second-order valence-electron chi connectivity index (χ2n) is 4.81. The fraction of sp³-hybridized carbons (Fsp3) is 0.583. The van der Waals surface area contributed by atoms with Gasteiger partial charge in [-0.05, 0) is 25.0 Å². The molecule has 102 valence electrons. The molecule has 1 rings (SSSR count). The standard InChI is InChI=1S/C12H18F3N3/c1-8(2)11(3,7-16)18-10-6-4-5-9(17-10)12(13,14)15/h4-6,8H,7,16H2,1-3H3,(H,17,18). The number of alkyl halides is 3. The van der Waals surface area contributed by atoms with Crippen LogP contribution in [0.3, 0.4) is 0 Å². The van der Waals surface area contributed by atoms with Crippen LogP contribution in [0.15, 0.2) is 18.2 Å². The van der Waals surface area contributed by atoms with Gasteiger partial charge in [0, 0.05) is 6.54 Å². The van der Waals surface area contributed by atoms with Crippen LogP contribution in [0.5, 0.6) is 0 Å². The molecule has 0 saturated heterocycles. The molecule has 0 spiro atoms. The number of nitrogens with one attached hydrogen (secondary N) is 1. The van der Waals surface area contributed by atoms with Gasteiger partial charge in [0.1, 0.15) is 11.5 Å². The summed E-state index contributed by atoms with van der Waals surface area (Å²) in [4.78, 5) is 3.57. The first-order valence-electron chi connectivity index (χ1n) is 5.71. The van der Waals surface area contributed by atoms with Gasteiger partial charge in [0.05, 0.1) is 5.54 Å². The zero-order chi connectivity index (χ0) is 14.0. The molecule has 0 aliphatic heterocycles. The Labute approximate surface area is 105 Å². The summed E-state index contributed by atoms with van der Waals surface area (Å²) in [5.41, 5.74) is 4.27. The lowest BCUT2D eigenvalue weighted by Crippen LogP contribution is -2.47. The molecule has 0 aromatic carbocycles. The lowest BCUT2D eigenvalue weighted by Gasteiger charge is -2.34. The van der Waals surface area contributed by atoms with Gasteiger partial charge in [0.2, 0.25) is 0 Å². The van der Waals surface area contributed by atoms with Crippen molar-refractivity contribution >= 4 is 5.82 Å². The molecular weight excluding hydrogens is 243 g/mol. The lowest BCUT2D eigenvalue weighted by molar-refractivity contribution is -0.141. The van der Waals surface area contributed by atoms with Crippen LogP contribution in [-0.4, -0.2) is 17.1 Å². The van der Waals surface area contributed by atoms with Crippen molar-refractivity contribution < 1.29 is 13.2 Å². The van der Waals surface area contributed by atoms with E-state index in [1.165, 1.54) is 12.1 Å². The van der Waals surface area contributed by atoms with Crippen molar-refractivity contribution in [1.82, 2.24) is 4.98 Å². The molecule has 18 heavy (non-hydrogen) atoms. The van der Waals surface area contributed by atoms with Crippen LogP contribution in [0.4, 0.5) is 19.0 Å². The van der Waals surface area contributed by atoms with Crippen molar-refractivity contribution in [3.63, 3.8) is 0 Å². The Hall–Kier alpha value is -1.30. The van der Waals surface area contributed by atoms with Gasteiger partial charge in [-0.15, -0.1) is 0 Å². The first kappa shape index (κ1) is 14.8. The maximum atomic E-state index is 12.5. The number of hydrogen-bond donors (Lipinski definition) is 2. The van der Waals surface area contributed by atoms with Crippen LogP contribution in [-0.2, 0) is 6.18 Å². The fourth-order valence-electron chi connectivity index (χ4n) is 1.39. The molecule has 3 N–H and O–H groups in total. The number of halogens is 3. The quantitative estimate of drug-likeness (QED) is 0.876. The molecule has 0 bridgehead atoms. The second kappa shape index (κ2) is 5.14. The number of pyridine rings is 1. The summed E-state index contributed by atoms with van der Waals surface area (Å²) < 4.78 is 37.6. The molecule has 0 aliphatic carbocycles. The Kier molecular flexibility index (Phi) is 4.21. The van der Waals surface area contributed by atoms with Crippen LogP contribution in [0.2, 0.25) is 0 Å². The molecule has 1 aromatic heterocycles. The van der Waals surface area contributed by atoms with Crippen molar-refractivity contribution in [2.24, 2.45) is 11.7 Å². The molecule has 1 aromatic rings. The van der Waals surface area contributed by atoms with Crippen molar-refractivity contribution in [1.29, 1.82) is 0 Å². The van der Waals surface area contributed by atoms with Crippen molar-refractivity contribution in [3.8, 4) is 0 Å². The Morgan fingerprint density at radius 1 is 1.33 bits per heavy atom. The molecule has 0 fully saturated rings. The van der Waals surface area contributed by atoms with Crippen molar-refractivity contribution in [2.45, 2.75) is 32.5 Å². The van der Waals surface area contributed by atoms with Gasteiger partial charge in [-0.3, -0.25) is 0 Å². The van der Waals surface area contributed by atoms with E-state index in [-0.39, 0.29) is 11.7 Å². The lowest BCUT2D eigenvalue weighted by atomic mass is 9.88. The third kappa shape index (κ3) is 3.35. The number of aromatic nitrogens is 1. The summed E-state index contributed by atoms with van der Waals surface area (Å²) >= 11 is 0. The molecule has 0 amide bonds.